The molecule has 24 heavy (non-hydrogen) atoms. The number of hydrogen-bond donors (Lipinski definition) is 2. The van der Waals surface area contributed by atoms with Crippen LogP contribution < -0.4 is 15.4 Å². The molecule has 2 aromatic rings. The van der Waals surface area contributed by atoms with E-state index in [1.54, 1.807) is 0 Å². The Bertz CT molecular complexity index is 806. The smallest absolute Gasteiger partial charge is 0.271 e. The first-order valence-corrected chi connectivity index (χ1v) is 6.78. The molecule has 0 bridgehead atoms. The van der Waals surface area contributed by atoms with E-state index in [9.17, 15) is 19.7 Å². The zero-order valence-corrected chi connectivity index (χ0v) is 12.9. The van der Waals surface area contributed by atoms with E-state index < -0.39 is 10.8 Å². The van der Waals surface area contributed by atoms with Gasteiger partial charge in [0.15, 0.2) is 0 Å². The molecule has 0 fully saturated rings. The molecule has 0 aliphatic rings. The summed E-state index contributed by atoms with van der Waals surface area (Å²) in [7, 11) is 1.39. The van der Waals surface area contributed by atoms with Crippen molar-refractivity contribution in [3.63, 3.8) is 0 Å². The topological polar surface area (TPSA) is 123 Å². The van der Waals surface area contributed by atoms with E-state index in [1.807, 2.05) is 0 Å². The number of amides is 2. The average Bonchev–Trinajstić information content (AvgIpc) is 2.54. The van der Waals surface area contributed by atoms with E-state index in [1.165, 1.54) is 50.6 Å². The number of non-ortho nitro benzene ring substituents is 1. The number of nitro groups is 1. The van der Waals surface area contributed by atoms with Gasteiger partial charge in [0.2, 0.25) is 5.91 Å². The van der Waals surface area contributed by atoms with E-state index in [0.717, 1.165) is 0 Å². The van der Waals surface area contributed by atoms with Gasteiger partial charge in [-0.05, 0) is 18.2 Å². The number of aromatic nitrogens is 1. The summed E-state index contributed by atoms with van der Waals surface area (Å²) in [5.74, 6) is -0.338. The third-order valence-electron chi connectivity index (χ3n) is 2.97. The monoisotopic (exact) mass is 330 g/mol. The highest BCUT2D eigenvalue weighted by Crippen LogP contribution is 2.29. The Labute approximate surface area is 136 Å². The van der Waals surface area contributed by atoms with Crippen LogP contribution in [0, 0.1) is 10.1 Å². The average molecular weight is 330 g/mol. The molecule has 1 heterocycles. The number of carbonyl (C=O) groups excluding carboxylic acids is 2. The molecule has 2 amide bonds. The number of nitro benzene ring substituents is 1. The number of anilines is 2. The summed E-state index contributed by atoms with van der Waals surface area (Å²) in [6.07, 6.45) is 1.37. The van der Waals surface area contributed by atoms with Crippen molar-refractivity contribution in [2.75, 3.05) is 17.7 Å². The lowest BCUT2D eigenvalue weighted by Gasteiger charge is -2.10. The molecular weight excluding hydrogens is 316 g/mol. The number of benzene rings is 1. The summed E-state index contributed by atoms with van der Waals surface area (Å²) in [6, 6.07) is 6.70. The molecule has 0 aliphatic carbocycles. The molecule has 1 aromatic carbocycles. The van der Waals surface area contributed by atoms with E-state index in [-0.39, 0.29) is 34.4 Å². The van der Waals surface area contributed by atoms with Crippen LogP contribution in [-0.2, 0) is 4.79 Å². The highest BCUT2D eigenvalue weighted by molar-refractivity contribution is 6.05. The maximum atomic E-state index is 12.3. The van der Waals surface area contributed by atoms with Gasteiger partial charge in [0.25, 0.3) is 11.6 Å². The van der Waals surface area contributed by atoms with Gasteiger partial charge in [-0.2, -0.15) is 0 Å². The summed E-state index contributed by atoms with van der Waals surface area (Å²) < 4.78 is 5.09. The number of nitrogens with one attached hydrogen (secondary N) is 2. The Morgan fingerprint density at radius 3 is 2.58 bits per heavy atom. The molecule has 9 heteroatoms. The predicted molar refractivity (Wildman–Crippen MR) is 86.1 cm³/mol. The fraction of sp³-hybridized carbons (Fsp3) is 0.133. The highest BCUT2D eigenvalue weighted by atomic mass is 16.6. The maximum Gasteiger partial charge on any atom is 0.271 e. The van der Waals surface area contributed by atoms with Crippen LogP contribution in [-0.4, -0.2) is 28.8 Å². The van der Waals surface area contributed by atoms with Gasteiger partial charge in [0.1, 0.15) is 11.6 Å². The van der Waals surface area contributed by atoms with Gasteiger partial charge in [0, 0.05) is 30.8 Å². The molecule has 0 saturated carbocycles. The van der Waals surface area contributed by atoms with Crippen LogP contribution in [0.15, 0.2) is 36.5 Å². The van der Waals surface area contributed by atoms with Crippen molar-refractivity contribution in [3.8, 4) is 5.75 Å². The zero-order valence-electron chi connectivity index (χ0n) is 12.9. The van der Waals surface area contributed by atoms with Gasteiger partial charge in [-0.1, -0.05) is 0 Å². The third kappa shape index (κ3) is 4.03. The molecule has 0 atom stereocenters. The fourth-order valence-electron chi connectivity index (χ4n) is 1.92. The number of methoxy groups -OCH3 is 1. The fourth-order valence-corrected chi connectivity index (χ4v) is 1.92. The second-order valence-electron chi connectivity index (χ2n) is 4.71. The molecular formula is C15H14N4O5. The van der Waals surface area contributed by atoms with Gasteiger partial charge in [-0.15, -0.1) is 0 Å². The number of rotatable bonds is 5. The van der Waals surface area contributed by atoms with Crippen molar-refractivity contribution < 1.29 is 19.2 Å². The summed E-state index contributed by atoms with van der Waals surface area (Å²) in [4.78, 5) is 37.6. The van der Waals surface area contributed by atoms with Gasteiger partial charge in [0.05, 0.1) is 17.7 Å². The Balaban J connectivity index is 2.27. The largest absolute Gasteiger partial charge is 0.495 e. The Kier molecular flexibility index (Phi) is 5.05. The molecule has 0 radical (unpaired) electrons. The number of carbonyl (C=O) groups is 2. The molecule has 124 valence electrons. The van der Waals surface area contributed by atoms with Gasteiger partial charge in [-0.25, -0.2) is 4.98 Å². The highest BCUT2D eigenvalue weighted by Gasteiger charge is 2.15. The SMILES string of the molecule is COc1ccc([N+](=O)[O-])cc1NC(=O)c1ccnc(NC(C)=O)c1. The van der Waals surface area contributed by atoms with Crippen LogP contribution in [0.1, 0.15) is 17.3 Å². The van der Waals surface area contributed by atoms with Crippen LogP contribution in [0.5, 0.6) is 5.75 Å². The first-order chi connectivity index (χ1) is 11.4. The van der Waals surface area contributed by atoms with Gasteiger partial charge < -0.3 is 15.4 Å². The quantitative estimate of drug-likeness (QED) is 0.640. The Morgan fingerprint density at radius 1 is 1.21 bits per heavy atom. The van der Waals surface area contributed by atoms with Crippen molar-refractivity contribution in [1.82, 2.24) is 4.98 Å². The summed E-state index contributed by atoms with van der Waals surface area (Å²) >= 11 is 0. The van der Waals surface area contributed by atoms with Crippen molar-refractivity contribution in [2.24, 2.45) is 0 Å². The van der Waals surface area contributed by atoms with Crippen molar-refractivity contribution in [3.05, 3.63) is 52.2 Å². The molecule has 0 spiro atoms. The second-order valence-corrected chi connectivity index (χ2v) is 4.71. The Hall–Kier alpha value is -3.49. The van der Waals surface area contributed by atoms with Crippen molar-refractivity contribution >= 4 is 29.0 Å². The molecule has 9 nitrogen and oxygen atoms in total. The van der Waals surface area contributed by atoms with E-state index in [2.05, 4.69) is 15.6 Å². The number of ether oxygens (including phenoxy) is 1. The summed E-state index contributed by atoms with van der Waals surface area (Å²) in [6.45, 7) is 1.32. The summed E-state index contributed by atoms with van der Waals surface area (Å²) in [5.41, 5.74) is 0.205. The third-order valence-corrected chi connectivity index (χ3v) is 2.97. The number of pyridine rings is 1. The minimum Gasteiger partial charge on any atom is -0.495 e. The standard InChI is InChI=1S/C15H14N4O5/c1-9(20)17-14-7-10(5-6-16-14)15(21)18-12-8-11(19(22)23)3-4-13(12)24-2/h3-8H,1-2H3,(H,18,21)(H,16,17,20). The van der Waals surface area contributed by atoms with Crippen molar-refractivity contribution in [1.29, 1.82) is 0 Å². The molecule has 2 N–H and O–H groups in total. The maximum absolute atomic E-state index is 12.3. The normalized spacial score (nSPS) is 9.92. The first kappa shape index (κ1) is 16.9. The van der Waals surface area contributed by atoms with Crippen LogP contribution in [0.4, 0.5) is 17.2 Å². The van der Waals surface area contributed by atoms with Crippen molar-refractivity contribution in [2.45, 2.75) is 6.92 Å². The van der Waals surface area contributed by atoms with Crippen LogP contribution >= 0.6 is 0 Å². The molecule has 0 unspecified atom stereocenters. The molecule has 2 rings (SSSR count). The molecule has 1 aromatic heterocycles. The van der Waals surface area contributed by atoms with E-state index >= 15 is 0 Å². The second kappa shape index (κ2) is 7.18. The van der Waals surface area contributed by atoms with E-state index in [0.29, 0.717) is 0 Å². The lowest BCUT2D eigenvalue weighted by molar-refractivity contribution is -0.384. The number of nitrogens with zero attached hydrogens (tertiary/aromatic N) is 2. The van der Waals surface area contributed by atoms with Crippen LogP contribution in [0.2, 0.25) is 0 Å². The minimum absolute atomic E-state index is 0.162. The van der Waals surface area contributed by atoms with Gasteiger partial charge in [-0.3, -0.25) is 19.7 Å². The van der Waals surface area contributed by atoms with Crippen LogP contribution in [0.25, 0.3) is 0 Å². The summed E-state index contributed by atoms with van der Waals surface area (Å²) in [5, 5.41) is 15.9. The molecule has 0 saturated heterocycles. The zero-order chi connectivity index (χ0) is 17.7. The first-order valence-electron chi connectivity index (χ1n) is 6.78. The predicted octanol–water partition coefficient (Wildman–Crippen LogP) is 2.21. The molecule has 0 aliphatic heterocycles. The van der Waals surface area contributed by atoms with Gasteiger partial charge >= 0.3 is 0 Å². The number of hydrogen-bond acceptors (Lipinski definition) is 6. The lowest BCUT2D eigenvalue weighted by atomic mass is 10.2. The van der Waals surface area contributed by atoms with Crippen LogP contribution in [0.3, 0.4) is 0 Å². The van der Waals surface area contributed by atoms with E-state index in [4.69, 9.17) is 4.74 Å². The lowest BCUT2D eigenvalue weighted by Crippen LogP contribution is -2.14. The minimum atomic E-state index is -0.573. The Morgan fingerprint density at radius 2 is 1.96 bits per heavy atom.